The Kier molecular flexibility index (Phi) is 11.8. The van der Waals surface area contributed by atoms with Gasteiger partial charge in [-0.2, -0.15) is 0 Å². The Labute approximate surface area is 274 Å². The van der Waals surface area contributed by atoms with Crippen LogP contribution < -0.4 is 9.62 Å². The topological polar surface area (TPSA) is 86.8 Å². The third-order valence-corrected chi connectivity index (χ3v) is 10.0. The summed E-state index contributed by atoms with van der Waals surface area (Å²) < 4.78 is 29.6. The standard InChI is InChI=1S/C38H45N3O4S/c1-6-7-23-39-38(43)36(25-32-11-9-8-10-12-32)40(26-33-18-13-28(2)14-19-33)37(42)27-41(34-20-17-30(4)31(5)24-34)46(44,45)35-21-15-29(3)16-22-35/h8-22,24,36H,6-7,23,25-27H2,1-5H3,(H,39,43)/t36-/m1/s1. The first-order valence-corrected chi connectivity index (χ1v) is 17.3. The molecular formula is C38H45N3O4S. The van der Waals surface area contributed by atoms with Crippen LogP contribution in [0.15, 0.2) is 102 Å². The van der Waals surface area contributed by atoms with Crippen LogP contribution in [0.4, 0.5) is 5.69 Å². The fourth-order valence-corrected chi connectivity index (χ4v) is 6.60. The van der Waals surface area contributed by atoms with E-state index in [4.69, 9.17) is 0 Å². The van der Waals surface area contributed by atoms with E-state index in [1.54, 1.807) is 36.4 Å². The number of rotatable bonds is 14. The van der Waals surface area contributed by atoms with Gasteiger partial charge in [0, 0.05) is 19.5 Å². The molecule has 4 aromatic carbocycles. The molecule has 242 valence electrons. The molecule has 0 aliphatic rings. The lowest BCUT2D eigenvalue weighted by atomic mass is 10.0. The normalized spacial score (nSPS) is 11.9. The summed E-state index contributed by atoms with van der Waals surface area (Å²) in [4.78, 5) is 30.1. The van der Waals surface area contributed by atoms with Gasteiger partial charge in [-0.25, -0.2) is 8.42 Å². The molecule has 4 aromatic rings. The molecule has 1 atom stereocenters. The van der Waals surface area contributed by atoms with E-state index < -0.39 is 28.5 Å². The zero-order valence-corrected chi connectivity index (χ0v) is 28.3. The number of carbonyl (C=O) groups excluding carboxylic acids is 2. The van der Waals surface area contributed by atoms with Crippen LogP contribution in [-0.4, -0.2) is 44.3 Å². The predicted octanol–water partition coefficient (Wildman–Crippen LogP) is 6.67. The number of nitrogens with zero attached hydrogens (tertiary/aromatic N) is 2. The van der Waals surface area contributed by atoms with E-state index >= 15 is 0 Å². The lowest BCUT2D eigenvalue weighted by Gasteiger charge is -2.34. The van der Waals surface area contributed by atoms with E-state index in [1.807, 2.05) is 88.4 Å². The Bertz CT molecular complexity index is 1720. The summed E-state index contributed by atoms with van der Waals surface area (Å²) >= 11 is 0. The van der Waals surface area contributed by atoms with Crippen molar-refractivity contribution in [2.45, 2.75) is 71.4 Å². The van der Waals surface area contributed by atoms with Crippen LogP contribution in [0.25, 0.3) is 0 Å². The zero-order chi connectivity index (χ0) is 33.3. The molecule has 2 amide bonds. The van der Waals surface area contributed by atoms with Gasteiger partial charge in [0.2, 0.25) is 11.8 Å². The highest BCUT2D eigenvalue weighted by Crippen LogP contribution is 2.27. The van der Waals surface area contributed by atoms with E-state index in [9.17, 15) is 18.0 Å². The fourth-order valence-electron chi connectivity index (χ4n) is 5.20. The van der Waals surface area contributed by atoms with Crippen molar-refractivity contribution in [1.82, 2.24) is 10.2 Å². The SMILES string of the molecule is CCCCNC(=O)[C@@H](Cc1ccccc1)N(Cc1ccc(C)cc1)C(=O)CN(c1ccc(C)c(C)c1)S(=O)(=O)c1ccc(C)cc1. The minimum absolute atomic E-state index is 0.0901. The molecule has 7 nitrogen and oxygen atoms in total. The molecule has 0 radical (unpaired) electrons. The molecule has 0 unspecified atom stereocenters. The third kappa shape index (κ3) is 8.85. The van der Waals surface area contributed by atoms with Gasteiger partial charge in [-0.1, -0.05) is 97.3 Å². The van der Waals surface area contributed by atoms with Gasteiger partial charge < -0.3 is 10.2 Å². The number of amides is 2. The van der Waals surface area contributed by atoms with Crippen molar-refractivity contribution in [3.05, 3.63) is 130 Å². The van der Waals surface area contributed by atoms with Crippen molar-refractivity contribution in [2.24, 2.45) is 0 Å². The number of hydrogen-bond acceptors (Lipinski definition) is 4. The number of aryl methyl sites for hydroxylation is 4. The van der Waals surface area contributed by atoms with Gasteiger partial charge in [0.15, 0.2) is 0 Å². The summed E-state index contributed by atoms with van der Waals surface area (Å²) in [6.45, 7) is 9.96. The summed E-state index contributed by atoms with van der Waals surface area (Å²) in [6.07, 6.45) is 2.01. The fraction of sp³-hybridized carbons (Fsp3) is 0.316. The van der Waals surface area contributed by atoms with Crippen LogP contribution in [0.5, 0.6) is 0 Å². The quantitative estimate of drug-likeness (QED) is 0.156. The monoisotopic (exact) mass is 639 g/mol. The van der Waals surface area contributed by atoms with Crippen LogP contribution >= 0.6 is 0 Å². The Hall–Kier alpha value is -4.43. The van der Waals surface area contributed by atoms with Crippen LogP contribution in [0.2, 0.25) is 0 Å². The molecule has 0 saturated heterocycles. The Morgan fingerprint density at radius 3 is 2.00 bits per heavy atom. The van der Waals surface area contributed by atoms with Gasteiger partial charge in [0.25, 0.3) is 10.0 Å². The van der Waals surface area contributed by atoms with Crippen molar-refractivity contribution < 1.29 is 18.0 Å². The van der Waals surface area contributed by atoms with Crippen LogP contribution in [0.1, 0.15) is 53.1 Å². The number of sulfonamides is 1. The molecule has 0 aromatic heterocycles. The molecule has 4 rings (SSSR count). The second-order valence-corrected chi connectivity index (χ2v) is 13.8. The van der Waals surface area contributed by atoms with Crippen molar-refractivity contribution >= 4 is 27.5 Å². The smallest absolute Gasteiger partial charge is 0.264 e. The first kappa shape index (κ1) is 34.4. The van der Waals surface area contributed by atoms with Gasteiger partial charge >= 0.3 is 0 Å². The number of nitrogens with one attached hydrogen (secondary N) is 1. The highest BCUT2D eigenvalue weighted by molar-refractivity contribution is 7.92. The number of anilines is 1. The van der Waals surface area contributed by atoms with Gasteiger partial charge in [0.05, 0.1) is 10.6 Å². The molecule has 46 heavy (non-hydrogen) atoms. The van der Waals surface area contributed by atoms with Gasteiger partial charge in [-0.15, -0.1) is 0 Å². The number of carbonyl (C=O) groups is 2. The van der Waals surface area contributed by atoms with Crippen molar-refractivity contribution in [2.75, 3.05) is 17.4 Å². The molecule has 0 aliphatic carbocycles. The maximum atomic E-state index is 14.6. The third-order valence-electron chi connectivity index (χ3n) is 8.24. The molecule has 1 N–H and O–H groups in total. The maximum absolute atomic E-state index is 14.6. The van der Waals surface area contributed by atoms with E-state index in [0.717, 1.165) is 46.2 Å². The predicted molar refractivity (Wildman–Crippen MR) is 185 cm³/mol. The lowest BCUT2D eigenvalue weighted by molar-refractivity contribution is -0.140. The number of benzene rings is 4. The molecule has 0 aliphatic heterocycles. The van der Waals surface area contributed by atoms with Gasteiger partial charge in [-0.3, -0.25) is 13.9 Å². The maximum Gasteiger partial charge on any atom is 0.264 e. The highest BCUT2D eigenvalue weighted by atomic mass is 32.2. The average Bonchev–Trinajstić information content (AvgIpc) is 3.04. The van der Waals surface area contributed by atoms with E-state index in [1.165, 1.54) is 9.21 Å². The lowest BCUT2D eigenvalue weighted by Crippen LogP contribution is -2.53. The Morgan fingerprint density at radius 2 is 1.39 bits per heavy atom. The molecule has 0 heterocycles. The summed E-state index contributed by atoms with van der Waals surface area (Å²) in [7, 11) is -4.14. The molecule has 0 spiro atoms. The van der Waals surface area contributed by atoms with E-state index in [0.29, 0.717) is 12.2 Å². The second kappa shape index (κ2) is 15.7. The first-order chi connectivity index (χ1) is 22.0. The van der Waals surface area contributed by atoms with Gasteiger partial charge in [-0.05, 0) is 80.6 Å². The average molecular weight is 640 g/mol. The molecule has 0 fully saturated rings. The highest BCUT2D eigenvalue weighted by Gasteiger charge is 2.34. The van der Waals surface area contributed by atoms with E-state index in [2.05, 4.69) is 12.2 Å². The molecular weight excluding hydrogens is 595 g/mol. The van der Waals surface area contributed by atoms with Crippen molar-refractivity contribution in [3.63, 3.8) is 0 Å². The zero-order valence-electron chi connectivity index (χ0n) is 27.5. The molecule has 8 heteroatoms. The Balaban J connectivity index is 1.80. The summed E-state index contributed by atoms with van der Waals surface area (Å²) in [5, 5.41) is 3.03. The summed E-state index contributed by atoms with van der Waals surface area (Å²) in [6, 6.07) is 28.5. The molecule has 0 saturated carbocycles. The number of unbranched alkanes of at least 4 members (excludes halogenated alkanes) is 1. The van der Waals surface area contributed by atoms with E-state index in [-0.39, 0.29) is 23.8 Å². The van der Waals surface area contributed by atoms with Crippen LogP contribution in [-0.2, 0) is 32.6 Å². The van der Waals surface area contributed by atoms with Crippen LogP contribution in [0, 0.1) is 27.7 Å². The number of hydrogen-bond donors (Lipinski definition) is 1. The minimum Gasteiger partial charge on any atom is -0.354 e. The second-order valence-electron chi connectivity index (χ2n) is 12.0. The summed E-state index contributed by atoms with van der Waals surface area (Å²) in [5.74, 6) is -0.738. The van der Waals surface area contributed by atoms with Crippen LogP contribution in [0.3, 0.4) is 0 Å². The minimum atomic E-state index is -4.14. The van der Waals surface area contributed by atoms with Gasteiger partial charge in [0.1, 0.15) is 12.6 Å². The van der Waals surface area contributed by atoms with Crippen molar-refractivity contribution in [1.29, 1.82) is 0 Å². The van der Waals surface area contributed by atoms with Crippen molar-refractivity contribution in [3.8, 4) is 0 Å². The molecule has 0 bridgehead atoms. The Morgan fingerprint density at radius 1 is 0.761 bits per heavy atom. The summed E-state index contributed by atoms with van der Waals surface area (Å²) in [5.41, 5.74) is 6.05. The first-order valence-electron chi connectivity index (χ1n) is 15.8. The largest absolute Gasteiger partial charge is 0.354 e.